The zero-order valence-electron chi connectivity index (χ0n) is 11.4. The van der Waals surface area contributed by atoms with Crippen LogP contribution in [-0.4, -0.2) is 20.0 Å². The van der Waals surface area contributed by atoms with Crippen LogP contribution in [0.1, 0.15) is 28.9 Å². The zero-order valence-corrected chi connectivity index (χ0v) is 12.2. The van der Waals surface area contributed by atoms with Crippen LogP contribution in [0.15, 0.2) is 12.1 Å². The first-order valence-electron chi connectivity index (χ1n) is 6.54. The summed E-state index contributed by atoms with van der Waals surface area (Å²) < 4.78 is 25.3. The molecule has 0 N–H and O–H groups in total. The van der Waals surface area contributed by atoms with E-state index in [0.29, 0.717) is 20.7 Å². The predicted octanol–water partition coefficient (Wildman–Crippen LogP) is 4.04. The molecule has 0 unspecified atom stereocenters. The van der Waals surface area contributed by atoms with E-state index in [-0.39, 0.29) is 17.5 Å². The minimum absolute atomic E-state index is 0.0837. The summed E-state index contributed by atoms with van der Waals surface area (Å²) in [6.07, 6.45) is 3.00. The number of carbonyl (C=O) groups is 1. The molecule has 2 aromatic rings. The van der Waals surface area contributed by atoms with Gasteiger partial charge in [0.25, 0.3) is 0 Å². The van der Waals surface area contributed by atoms with E-state index in [9.17, 15) is 9.18 Å². The van der Waals surface area contributed by atoms with Gasteiger partial charge in [-0.05, 0) is 18.9 Å². The first kappa shape index (κ1) is 13.4. The van der Waals surface area contributed by atoms with E-state index in [1.807, 2.05) is 0 Å². The summed E-state index contributed by atoms with van der Waals surface area (Å²) >= 11 is 1.32. The lowest BCUT2D eigenvalue weighted by atomic mass is 9.82. The van der Waals surface area contributed by atoms with Crippen LogP contribution in [0.3, 0.4) is 0 Å². The Labute approximate surface area is 120 Å². The van der Waals surface area contributed by atoms with E-state index >= 15 is 0 Å². The number of halogens is 1. The van der Waals surface area contributed by atoms with Gasteiger partial charge in [0.1, 0.15) is 0 Å². The molecule has 1 saturated carbocycles. The fourth-order valence-corrected chi connectivity index (χ4v) is 3.54. The van der Waals surface area contributed by atoms with Crippen LogP contribution in [0.2, 0.25) is 0 Å². The highest BCUT2D eigenvalue weighted by Gasteiger charge is 2.28. The van der Waals surface area contributed by atoms with Crippen molar-refractivity contribution in [2.75, 3.05) is 14.2 Å². The number of hydrogen-bond donors (Lipinski definition) is 0. The third-order valence-electron chi connectivity index (χ3n) is 3.83. The molecule has 20 heavy (non-hydrogen) atoms. The summed E-state index contributed by atoms with van der Waals surface area (Å²) in [4.78, 5) is 12.9. The molecule has 0 amide bonds. The van der Waals surface area contributed by atoms with Gasteiger partial charge in [-0.3, -0.25) is 4.79 Å². The van der Waals surface area contributed by atoms with Crippen LogP contribution in [0.25, 0.3) is 10.1 Å². The van der Waals surface area contributed by atoms with Crippen LogP contribution in [0.5, 0.6) is 11.5 Å². The van der Waals surface area contributed by atoms with Crippen molar-refractivity contribution in [2.24, 2.45) is 5.92 Å². The molecule has 1 aliphatic carbocycles. The van der Waals surface area contributed by atoms with Crippen molar-refractivity contribution < 1.29 is 18.7 Å². The molecule has 1 fully saturated rings. The first-order chi connectivity index (χ1) is 9.65. The van der Waals surface area contributed by atoms with Crippen molar-refractivity contribution in [3.05, 3.63) is 22.8 Å². The number of thiophene rings is 1. The van der Waals surface area contributed by atoms with E-state index in [0.717, 1.165) is 19.3 Å². The monoisotopic (exact) mass is 294 g/mol. The molecule has 0 saturated heterocycles. The second kappa shape index (κ2) is 5.05. The molecular formula is C15H15FO3S. The van der Waals surface area contributed by atoms with Gasteiger partial charge >= 0.3 is 0 Å². The van der Waals surface area contributed by atoms with Crippen molar-refractivity contribution in [2.45, 2.75) is 19.3 Å². The Morgan fingerprint density at radius 3 is 2.60 bits per heavy atom. The van der Waals surface area contributed by atoms with Gasteiger partial charge < -0.3 is 9.47 Å². The average Bonchev–Trinajstić information content (AvgIpc) is 2.80. The normalized spacial score (nSPS) is 15.2. The third kappa shape index (κ3) is 1.97. The van der Waals surface area contributed by atoms with Gasteiger partial charge in [-0.2, -0.15) is 0 Å². The van der Waals surface area contributed by atoms with E-state index in [4.69, 9.17) is 9.47 Å². The summed E-state index contributed by atoms with van der Waals surface area (Å²) in [5.74, 6) is 0.220. The molecule has 0 spiro atoms. The second-order valence-electron chi connectivity index (χ2n) is 4.94. The smallest absolute Gasteiger partial charge is 0.197 e. The Balaban J connectivity index is 2.10. The van der Waals surface area contributed by atoms with Gasteiger partial charge in [-0.15, -0.1) is 11.3 Å². The second-order valence-corrected chi connectivity index (χ2v) is 6.02. The number of hydrogen-bond acceptors (Lipinski definition) is 4. The van der Waals surface area contributed by atoms with Gasteiger partial charge in [0.2, 0.25) is 0 Å². The lowest BCUT2D eigenvalue weighted by molar-refractivity contribution is 0.0859. The molecule has 3 nitrogen and oxygen atoms in total. The molecule has 1 aliphatic rings. The minimum Gasteiger partial charge on any atom is -0.493 e. The van der Waals surface area contributed by atoms with Crippen LogP contribution in [0, 0.1) is 11.7 Å². The standard InChI is InChI=1S/C15H15FO3S/c1-18-10-7-11-9(13(16)15(10)19-2)6-12(20-11)14(17)8-4-3-5-8/h6-8H,3-5H2,1-2H3. The van der Waals surface area contributed by atoms with Crippen LogP contribution < -0.4 is 9.47 Å². The molecule has 0 radical (unpaired) electrons. The highest BCUT2D eigenvalue weighted by Crippen LogP contribution is 2.41. The average molecular weight is 294 g/mol. The maximum absolute atomic E-state index is 14.4. The van der Waals surface area contributed by atoms with Crippen molar-refractivity contribution >= 4 is 27.2 Å². The lowest BCUT2D eigenvalue weighted by Gasteiger charge is -2.22. The zero-order chi connectivity index (χ0) is 14.3. The fraction of sp³-hybridized carbons (Fsp3) is 0.400. The van der Waals surface area contributed by atoms with Crippen LogP contribution in [-0.2, 0) is 0 Å². The van der Waals surface area contributed by atoms with Gasteiger partial charge in [0.05, 0.1) is 19.1 Å². The number of ketones is 1. The summed E-state index contributed by atoms with van der Waals surface area (Å²) in [7, 11) is 2.87. The van der Waals surface area contributed by atoms with Crippen molar-refractivity contribution in [3.8, 4) is 11.5 Å². The molecule has 0 aliphatic heterocycles. The van der Waals surface area contributed by atoms with Gasteiger partial charge in [-0.1, -0.05) is 6.42 Å². The van der Waals surface area contributed by atoms with E-state index in [1.54, 1.807) is 12.1 Å². The number of Topliss-reactive ketones (excluding diaryl/α,β-unsaturated/α-hetero) is 1. The fourth-order valence-electron chi connectivity index (χ4n) is 2.43. The summed E-state index contributed by atoms with van der Waals surface area (Å²) in [6.45, 7) is 0. The molecule has 0 bridgehead atoms. The SMILES string of the molecule is COc1cc2sc(C(=O)C3CCC3)cc2c(F)c1OC. The van der Waals surface area contributed by atoms with Gasteiger partial charge in [0, 0.05) is 22.1 Å². The Bertz CT molecular complexity index is 673. The number of rotatable bonds is 4. The Kier molecular flexibility index (Phi) is 3.38. The summed E-state index contributed by atoms with van der Waals surface area (Å²) in [5, 5.41) is 0.426. The van der Waals surface area contributed by atoms with Crippen molar-refractivity contribution in [3.63, 3.8) is 0 Å². The predicted molar refractivity (Wildman–Crippen MR) is 76.6 cm³/mol. The maximum atomic E-state index is 14.4. The third-order valence-corrected chi connectivity index (χ3v) is 4.92. The summed E-state index contributed by atoms with van der Waals surface area (Å²) in [5.41, 5.74) is 0. The van der Waals surface area contributed by atoms with Gasteiger partial charge in [0.15, 0.2) is 23.1 Å². The molecule has 1 aromatic carbocycles. The largest absolute Gasteiger partial charge is 0.493 e. The van der Waals surface area contributed by atoms with E-state index in [2.05, 4.69) is 0 Å². The molecule has 0 atom stereocenters. The number of benzene rings is 1. The first-order valence-corrected chi connectivity index (χ1v) is 7.35. The van der Waals surface area contributed by atoms with Crippen LogP contribution in [0.4, 0.5) is 4.39 Å². The minimum atomic E-state index is -0.467. The number of carbonyl (C=O) groups excluding carboxylic acids is 1. The van der Waals surface area contributed by atoms with Gasteiger partial charge in [-0.25, -0.2) is 4.39 Å². The molecular weight excluding hydrogens is 279 g/mol. The highest BCUT2D eigenvalue weighted by molar-refractivity contribution is 7.20. The molecule has 1 heterocycles. The Morgan fingerprint density at radius 2 is 2.05 bits per heavy atom. The number of fused-ring (bicyclic) bond motifs is 1. The molecule has 106 valence electrons. The molecule has 3 rings (SSSR count). The topological polar surface area (TPSA) is 35.5 Å². The lowest BCUT2D eigenvalue weighted by Crippen LogP contribution is -2.20. The maximum Gasteiger partial charge on any atom is 0.197 e. The highest BCUT2D eigenvalue weighted by atomic mass is 32.1. The van der Waals surface area contributed by atoms with E-state index < -0.39 is 5.82 Å². The number of methoxy groups -OCH3 is 2. The quantitative estimate of drug-likeness (QED) is 0.798. The summed E-state index contributed by atoms with van der Waals surface area (Å²) in [6, 6.07) is 3.36. The Hall–Kier alpha value is -1.62. The van der Waals surface area contributed by atoms with E-state index in [1.165, 1.54) is 25.6 Å². The van der Waals surface area contributed by atoms with Crippen molar-refractivity contribution in [1.82, 2.24) is 0 Å². The van der Waals surface area contributed by atoms with Crippen molar-refractivity contribution in [1.29, 1.82) is 0 Å². The van der Waals surface area contributed by atoms with Crippen LogP contribution >= 0.6 is 11.3 Å². The number of ether oxygens (including phenoxy) is 2. The molecule has 1 aromatic heterocycles. The Morgan fingerprint density at radius 1 is 1.30 bits per heavy atom. The molecule has 5 heteroatoms.